The van der Waals surface area contributed by atoms with Gasteiger partial charge in [-0.2, -0.15) is 0 Å². The van der Waals surface area contributed by atoms with Crippen molar-refractivity contribution in [3.8, 4) is 0 Å². The zero-order chi connectivity index (χ0) is 20.1. The lowest BCUT2D eigenvalue weighted by atomic mass is 9.96. The van der Waals surface area contributed by atoms with E-state index in [1.54, 1.807) is 0 Å². The number of amides is 1. The standard InChI is InChI=1S/C25H33N3O/c1-21-12-14-27(15-13-21)24(29)20-26-16-18-28(19-17-26)25(22-8-4-2-5-9-22)23-10-6-3-7-11-23/h2-11,21,25H,12-20H2,1H3. The van der Waals surface area contributed by atoms with Gasteiger partial charge in [-0.1, -0.05) is 67.6 Å². The van der Waals surface area contributed by atoms with Gasteiger partial charge < -0.3 is 4.90 Å². The Morgan fingerprint density at radius 2 is 1.34 bits per heavy atom. The van der Waals surface area contributed by atoms with Gasteiger partial charge in [0.25, 0.3) is 0 Å². The predicted molar refractivity (Wildman–Crippen MR) is 118 cm³/mol. The predicted octanol–water partition coefficient (Wildman–Crippen LogP) is 3.65. The first-order chi connectivity index (χ1) is 14.2. The first kappa shape index (κ1) is 20.1. The van der Waals surface area contributed by atoms with E-state index in [2.05, 4.69) is 82.3 Å². The van der Waals surface area contributed by atoms with Crippen LogP contribution in [0.25, 0.3) is 0 Å². The molecule has 2 aliphatic heterocycles. The van der Waals surface area contributed by atoms with E-state index < -0.39 is 0 Å². The summed E-state index contributed by atoms with van der Waals surface area (Å²) in [4.78, 5) is 19.7. The quantitative estimate of drug-likeness (QED) is 0.778. The van der Waals surface area contributed by atoms with Crippen LogP contribution in [0, 0.1) is 5.92 Å². The first-order valence-electron chi connectivity index (χ1n) is 11.0. The van der Waals surface area contributed by atoms with Gasteiger partial charge in [-0.05, 0) is 29.9 Å². The average molecular weight is 392 g/mol. The van der Waals surface area contributed by atoms with Crippen molar-refractivity contribution in [1.82, 2.24) is 14.7 Å². The minimum atomic E-state index is 0.277. The lowest BCUT2D eigenvalue weighted by Crippen LogP contribution is -2.51. The molecule has 1 amide bonds. The highest BCUT2D eigenvalue weighted by atomic mass is 16.2. The third kappa shape index (κ3) is 5.06. The van der Waals surface area contributed by atoms with Crippen molar-refractivity contribution in [3.63, 3.8) is 0 Å². The summed E-state index contributed by atoms with van der Waals surface area (Å²) in [6.45, 7) is 8.60. The summed E-state index contributed by atoms with van der Waals surface area (Å²) in [6.07, 6.45) is 2.30. The summed E-state index contributed by atoms with van der Waals surface area (Å²) < 4.78 is 0. The summed E-state index contributed by atoms with van der Waals surface area (Å²) in [5.74, 6) is 1.07. The van der Waals surface area contributed by atoms with E-state index in [-0.39, 0.29) is 6.04 Å². The molecule has 0 saturated carbocycles. The Hall–Kier alpha value is -2.17. The summed E-state index contributed by atoms with van der Waals surface area (Å²) >= 11 is 0. The fourth-order valence-corrected chi connectivity index (χ4v) is 4.61. The van der Waals surface area contributed by atoms with Crippen LogP contribution in [0.5, 0.6) is 0 Å². The molecule has 29 heavy (non-hydrogen) atoms. The number of rotatable bonds is 5. The molecule has 2 saturated heterocycles. The van der Waals surface area contributed by atoms with Crippen LogP contribution in [-0.4, -0.2) is 66.4 Å². The number of hydrogen-bond acceptors (Lipinski definition) is 3. The molecule has 2 aromatic rings. The second-order valence-electron chi connectivity index (χ2n) is 8.60. The number of likely N-dealkylation sites (tertiary alicyclic amines) is 1. The molecule has 2 aromatic carbocycles. The Labute approximate surface area is 175 Å². The molecule has 0 spiro atoms. The van der Waals surface area contributed by atoms with Gasteiger partial charge in [-0.25, -0.2) is 0 Å². The molecular formula is C25H33N3O. The van der Waals surface area contributed by atoms with Crippen LogP contribution in [0.15, 0.2) is 60.7 Å². The Morgan fingerprint density at radius 1 is 0.828 bits per heavy atom. The molecule has 0 bridgehead atoms. The van der Waals surface area contributed by atoms with E-state index in [1.165, 1.54) is 11.1 Å². The normalized spacial score (nSPS) is 19.6. The number of benzene rings is 2. The van der Waals surface area contributed by atoms with Crippen molar-refractivity contribution < 1.29 is 4.79 Å². The largest absolute Gasteiger partial charge is 0.342 e. The van der Waals surface area contributed by atoms with Crippen LogP contribution in [-0.2, 0) is 4.79 Å². The zero-order valence-corrected chi connectivity index (χ0v) is 17.5. The Morgan fingerprint density at radius 3 is 1.86 bits per heavy atom. The summed E-state index contributed by atoms with van der Waals surface area (Å²) in [5.41, 5.74) is 2.68. The SMILES string of the molecule is CC1CCN(C(=O)CN2CCN(C(c3ccccc3)c3ccccc3)CC2)CC1. The van der Waals surface area contributed by atoms with Crippen LogP contribution in [0.4, 0.5) is 0 Å². The van der Waals surface area contributed by atoms with Crippen molar-refractivity contribution >= 4 is 5.91 Å². The topological polar surface area (TPSA) is 26.8 Å². The number of carbonyl (C=O) groups is 1. The van der Waals surface area contributed by atoms with Crippen molar-refractivity contribution in [3.05, 3.63) is 71.8 Å². The molecule has 4 nitrogen and oxygen atoms in total. The maximum atomic E-state index is 12.7. The number of piperidine rings is 1. The van der Waals surface area contributed by atoms with E-state index in [1.807, 2.05) is 0 Å². The molecule has 0 N–H and O–H groups in total. The molecule has 0 radical (unpaired) electrons. The molecule has 0 unspecified atom stereocenters. The van der Waals surface area contributed by atoms with E-state index >= 15 is 0 Å². The maximum Gasteiger partial charge on any atom is 0.236 e. The number of nitrogens with zero attached hydrogens (tertiary/aromatic N) is 3. The molecule has 2 heterocycles. The van der Waals surface area contributed by atoms with E-state index in [9.17, 15) is 4.79 Å². The Bertz CT molecular complexity index is 724. The highest BCUT2D eigenvalue weighted by Gasteiger charge is 2.28. The molecule has 154 valence electrons. The van der Waals surface area contributed by atoms with Gasteiger partial charge in [0.2, 0.25) is 5.91 Å². The molecule has 0 atom stereocenters. The Balaban J connectivity index is 1.37. The lowest BCUT2D eigenvalue weighted by molar-refractivity contribution is -0.134. The third-order valence-corrected chi connectivity index (χ3v) is 6.50. The molecule has 4 rings (SSSR count). The molecule has 4 heteroatoms. The fraction of sp³-hybridized carbons (Fsp3) is 0.480. The number of piperazine rings is 1. The van der Waals surface area contributed by atoms with Gasteiger partial charge in [0, 0.05) is 39.3 Å². The number of carbonyl (C=O) groups excluding carboxylic acids is 1. The fourth-order valence-electron chi connectivity index (χ4n) is 4.61. The van der Waals surface area contributed by atoms with E-state index in [0.29, 0.717) is 12.5 Å². The molecular weight excluding hydrogens is 358 g/mol. The molecule has 0 aliphatic carbocycles. The van der Waals surface area contributed by atoms with Crippen molar-refractivity contribution in [1.29, 1.82) is 0 Å². The molecule has 0 aromatic heterocycles. The van der Waals surface area contributed by atoms with Gasteiger partial charge in [-0.15, -0.1) is 0 Å². The summed E-state index contributed by atoms with van der Waals surface area (Å²) in [7, 11) is 0. The van der Waals surface area contributed by atoms with E-state index in [4.69, 9.17) is 0 Å². The van der Waals surface area contributed by atoms with Gasteiger partial charge in [-0.3, -0.25) is 14.6 Å². The highest BCUT2D eigenvalue weighted by molar-refractivity contribution is 5.78. The van der Waals surface area contributed by atoms with Gasteiger partial charge in [0.1, 0.15) is 0 Å². The Kier molecular flexibility index (Phi) is 6.63. The minimum absolute atomic E-state index is 0.277. The van der Waals surface area contributed by atoms with Gasteiger partial charge in [0.15, 0.2) is 0 Å². The van der Waals surface area contributed by atoms with Crippen molar-refractivity contribution in [2.45, 2.75) is 25.8 Å². The second-order valence-corrected chi connectivity index (χ2v) is 8.60. The van der Waals surface area contributed by atoms with Crippen molar-refractivity contribution in [2.24, 2.45) is 5.92 Å². The highest BCUT2D eigenvalue weighted by Crippen LogP contribution is 2.29. The van der Waals surface area contributed by atoms with E-state index in [0.717, 1.165) is 58.0 Å². The average Bonchev–Trinajstić information content (AvgIpc) is 2.77. The van der Waals surface area contributed by atoms with Crippen molar-refractivity contribution in [2.75, 3.05) is 45.8 Å². The van der Waals surface area contributed by atoms with Crippen LogP contribution in [0.1, 0.15) is 36.9 Å². The third-order valence-electron chi connectivity index (χ3n) is 6.50. The van der Waals surface area contributed by atoms with Crippen LogP contribution in [0.2, 0.25) is 0 Å². The van der Waals surface area contributed by atoms with Crippen LogP contribution in [0.3, 0.4) is 0 Å². The second kappa shape index (κ2) is 9.55. The zero-order valence-electron chi connectivity index (χ0n) is 17.5. The summed E-state index contributed by atoms with van der Waals surface area (Å²) in [5, 5.41) is 0. The van der Waals surface area contributed by atoms with Gasteiger partial charge >= 0.3 is 0 Å². The minimum Gasteiger partial charge on any atom is -0.342 e. The summed E-state index contributed by atoms with van der Waals surface area (Å²) in [6, 6.07) is 21.8. The van der Waals surface area contributed by atoms with Crippen LogP contribution >= 0.6 is 0 Å². The smallest absolute Gasteiger partial charge is 0.236 e. The molecule has 2 fully saturated rings. The first-order valence-corrected chi connectivity index (χ1v) is 11.0. The lowest BCUT2D eigenvalue weighted by Gasteiger charge is -2.40. The van der Waals surface area contributed by atoms with Crippen LogP contribution < -0.4 is 0 Å². The monoisotopic (exact) mass is 391 g/mol. The number of hydrogen-bond donors (Lipinski definition) is 0. The van der Waals surface area contributed by atoms with Gasteiger partial charge in [0.05, 0.1) is 12.6 Å². The maximum absolute atomic E-state index is 12.7. The molecule has 2 aliphatic rings.